The molecule has 0 N–H and O–H groups in total. The van der Waals surface area contributed by atoms with E-state index >= 15 is 0 Å². The molecule has 2 aliphatic heterocycles. The Hall–Kier alpha value is -0.160. The van der Waals surface area contributed by atoms with E-state index in [1.165, 1.54) is 44.9 Å². The predicted octanol–water partition coefficient (Wildman–Crippen LogP) is 6.17. The van der Waals surface area contributed by atoms with Crippen molar-refractivity contribution in [3.63, 3.8) is 0 Å². The van der Waals surface area contributed by atoms with E-state index in [4.69, 9.17) is 18.9 Å². The molecule has 2 heterocycles. The van der Waals surface area contributed by atoms with Gasteiger partial charge in [-0.3, -0.25) is 0 Å². The van der Waals surface area contributed by atoms with Crippen LogP contribution in [-0.4, -0.2) is 36.0 Å². The normalized spacial score (nSPS) is 32.2. The molecule has 2 rings (SSSR count). The summed E-state index contributed by atoms with van der Waals surface area (Å²) in [7, 11) is 0. The van der Waals surface area contributed by atoms with Gasteiger partial charge in [-0.2, -0.15) is 0 Å². The molecule has 4 atom stereocenters. The van der Waals surface area contributed by atoms with Gasteiger partial charge in [0.1, 0.15) is 0 Å². The van der Waals surface area contributed by atoms with Gasteiger partial charge in [0.15, 0.2) is 11.6 Å². The summed E-state index contributed by atoms with van der Waals surface area (Å²) in [5.41, 5.74) is 0. The molecule has 0 amide bonds. The van der Waals surface area contributed by atoms with E-state index in [0.717, 1.165) is 25.7 Å². The first kappa shape index (κ1) is 23.1. The molecule has 1 radical (unpaired) electrons. The van der Waals surface area contributed by atoms with Crippen LogP contribution in [0.4, 0.5) is 0 Å². The zero-order valence-electron chi connectivity index (χ0n) is 18.4. The van der Waals surface area contributed by atoms with E-state index in [1.54, 1.807) is 0 Å². The number of hydrogen-bond acceptors (Lipinski definition) is 4. The molecular weight excluding hydrogens is 340 g/mol. The van der Waals surface area contributed by atoms with Crippen LogP contribution < -0.4 is 0 Å². The maximum absolute atomic E-state index is 6.28. The van der Waals surface area contributed by atoms with Crippen molar-refractivity contribution in [3.8, 4) is 0 Å². The Morgan fingerprint density at radius 3 is 1.56 bits per heavy atom. The molecule has 2 aliphatic rings. The van der Waals surface area contributed by atoms with E-state index in [9.17, 15) is 0 Å². The summed E-state index contributed by atoms with van der Waals surface area (Å²) in [6, 6.07) is 0. The molecule has 0 aliphatic carbocycles. The van der Waals surface area contributed by atoms with Crippen LogP contribution in [0.15, 0.2) is 0 Å². The van der Waals surface area contributed by atoms with E-state index in [-0.39, 0.29) is 24.4 Å². The van der Waals surface area contributed by atoms with Gasteiger partial charge in [-0.15, -0.1) is 0 Å². The van der Waals surface area contributed by atoms with Crippen LogP contribution in [0.1, 0.15) is 105 Å². The lowest BCUT2D eigenvalue weighted by Crippen LogP contribution is -2.33. The highest BCUT2D eigenvalue weighted by Gasteiger charge is 2.47. The van der Waals surface area contributed by atoms with Gasteiger partial charge in [-0.05, 0) is 40.5 Å². The SMILES string of the molecule is [CH2]CCCCCCC1OC(C)(C)OC1CC1OC(C)(C)OC1CCCCC. The molecule has 4 heteroatoms. The molecule has 0 saturated carbocycles. The first-order valence-corrected chi connectivity index (χ1v) is 11.3. The van der Waals surface area contributed by atoms with E-state index in [1.807, 2.05) is 27.7 Å². The molecule has 2 fully saturated rings. The minimum absolute atomic E-state index is 0.0871. The third-order valence-corrected chi connectivity index (χ3v) is 5.62. The molecule has 27 heavy (non-hydrogen) atoms. The molecule has 2 saturated heterocycles. The molecule has 4 unspecified atom stereocenters. The molecule has 159 valence electrons. The fourth-order valence-electron chi connectivity index (χ4n) is 4.41. The summed E-state index contributed by atoms with van der Waals surface area (Å²) in [4.78, 5) is 0. The highest BCUT2D eigenvalue weighted by molar-refractivity contribution is 4.89. The monoisotopic (exact) mass is 383 g/mol. The Morgan fingerprint density at radius 1 is 0.630 bits per heavy atom. The number of ether oxygens (including phenoxy) is 4. The van der Waals surface area contributed by atoms with Crippen LogP contribution in [0.5, 0.6) is 0 Å². The first-order chi connectivity index (χ1) is 12.8. The van der Waals surface area contributed by atoms with Crippen molar-refractivity contribution in [2.24, 2.45) is 0 Å². The van der Waals surface area contributed by atoms with Crippen molar-refractivity contribution in [3.05, 3.63) is 6.92 Å². The summed E-state index contributed by atoms with van der Waals surface area (Å²) in [5.74, 6) is -1.00. The van der Waals surface area contributed by atoms with Crippen LogP contribution in [0.3, 0.4) is 0 Å². The molecule has 0 aromatic heterocycles. The summed E-state index contributed by atoms with van der Waals surface area (Å²) < 4.78 is 25.0. The van der Waals surface area contributed by atoms with Crippen molar-refractivity contribution in [2.75, 3.05) is 0 Å². The topological polar surface area (TPSA) is 36.9 Å². The molecule has 0 aromatic carbocycles. The van der Waals surface area contributed by atoms with Crippen LogP contribution in [-0.2, 0) is 18.9 Å². The Balaban J connectivity index is 1.90. The quantitative estimate of drug-likeness (QED) is 0.378. The summed E-state index contributed by atoms with van der Waals surface area (Å²) in [6.07, 6.45) is 13.1. The van der Waals surface area contributed by atoms with Crippen LogP contribution in [0.25, 0.3) is 0 Å². The lowest BCUT2D eigenvalue weighted by atomic mass is 9.96. The number of hydrogen-bond donors (Lipinski definition) is 0. The highest BCUT2D eigenvalue weighted by Crippen LogP contribution is 2.38. The van der Waals surface area contributed by atoms with Gasteiger partial charge in [0, 0.05) is 6.42 Å². The average Bonchev–Trinajstić information content (AvgIpc) is 3.02. The molecule has 4 nitrogen and oxygen atoms in total. The zero-order chi connectivity index (χ0) is 19.9. The number of unbranched alkanes of at least 4 members (excludes halogenated alkanes) is 6. The highest BCUT2D eigenvalue weighted by atomic mass is 16.8. The molecular formula is C23H43O4. The van der Waals surface area contributed by atoms with Crippen LogP contribution >= 0.6 is 0 Å². The minimum atomic E-state index is -0.505. The van der Waals surface area contributed by atoms with Crippen molar-refractivity contribution in [1.29, 1.82) is 0 Å². The third kappa shape index (κ3) is 7.64. The van der Waals surface area contributed by atoms with Crippen molar-refractivity contribution in [2.45, 2.75) is 141 Å². The molecule has 0 bridgehead atoms. The lowest BCUT2D eigenvalue weighted by Gasteiger charge is -2.23. The van der Waals surface area contributed by atoms with Gasteiger partial charge >= 0.3 is 0 Å². The molecule has 0 aromatic rings. The Bertz CT molecular complexity index is 421. The second-order valence-electron chi connectivity index (χ2n) is 9.21. The largest absolute Gasteiger partial charge is 0.345 e. The standard InChI is InChI=1S/C23H43O4/c1-7-9-11-12-14-16-19-21(27-23(5,6)25-19)17-20-18(15-13-10-8-2)24-22(3,4)26-20/h18-21H,1,7-17H2,2-6H3. The van der Waals surface area contributed by atoms with Gasteiger partial charge in [-0.25, -0.2) is 0 Å². The van der Waals surface area contributed by atoms with Gasteiger partial charge in [0.2, 0.25) is 0 Å². The van der Waals surface area contributed by atoms with E-state index in [2.05, 4.69) is 13.8 Å². The Morgan fingerprint density at radius 2 is 1.07 bits per heavy atom. The maximum Gasteiger partial charge on any atom is 0.163 e. The van der Waals surface area contributed by atoms with Crippen LogP contribution in [0, 0.1) is 6.92 Å². The number of rotatable bonds is 12. The minimum Gasteiger partial charge on any atom is -0.345 e. The maximum atomic E-state index is 6.28. The van der Waals surface area contributed by atoms with Gasteiger partial charge < -0.3 is 18.9 Å². The van der Waals surface area contributed by atoms with Crippen molar-refractivity contribution in [1.82, 2.24) is 0 Å². The summed E-state index contributed by atoms with van der Waals surface area (Å²) in [6.45, 7) is 14.3. The van der Waals surface area contributed by atoms with E-state index in [0.29, 0.717) is 0 Å². The van der Waals surface area contributed by atoms with Crippen molar-refractivity contribution >= 4 is 0 Å². The lowest BCUT2D eigenvalue weighted by molar-refractivity contribution is -0.157. The smallest absolute Gasteiger partial charge is 0.163 e. The van der Waals surface area contributed by atoms with Crippen LogP contribution in [0.2, 0.25) is 0 Å². The second kappa shape index (κ2) is 10.6. The van der Waals surface area contributed by atoms with E-state index < -0.39 is 11.6 Å². The Labute approximate surface area is 167 Å². The third-order valence-electron chi connectivity index (χ3n) is 5.62. The van der Waals surface area contributed by atoms with Gasteiger partial charge in [0.25, 0.3) is 0 Å². The Kier molecular flexibility index (Phi) is 9.05. The zero-order valence-corrected chi connectivity index (χ0v) is 18.4. The predicted molar refractivity (Wildman–Crippen MR) is 109 cm³/mol. The summed E-state index contributed by atoms with van der Waals surface area (Å²) in [5, 5.41) is 0. The fourth-order valence-corrected chi connectivity index (χ4v) is 4.41. The van der Waals surface area contributed by atoms with Gasteiger partial charge in [0.05, 0.1) is 24.4 Å². The first-order valence-electron chi connectivity index (χ1n) is 11.3. The second-order valence-corrected chi connectivity index (χ2v) is 9.21. The van der Waals surface area contributed by atoms with Crippen molar-refractivity contribution < 1.29 is 18.9 Å². The molecule has 0 spiro atoms. The van der Waals surface area contributed by atoms with Gasteiger partial charge in [-0.1, -0.05) is 65.2 Å². The average molecular weight is 384 g/mol. The fraction of sp³-hybridized carbons (Fsp3) is 0.957. The summed E-state index contributed by atoms with van der Waals surface area (Å²) >= 11 is 0.